The highest BCUT2D eigenvalue weighted by Gasteiger charge is 2.30. The minimum Gasteiger partial charge on any atom is -0.0618 e. The number of hydrogen-bond donors (Lipinski definition) is 0. The lowest BCUT2D eigenvalue weighted by Crippen LogP contribution is -2.09. The van der Waals surface area contributed by atoms with Gasteiger partial charge in [-0.2, -0.15) is 0 Å². The Kier molecular flexibility index (Phi) is 2.19. The van der Waals surface area contributed by atoms with Crippen molar-refractivity contribution < 1.29 is 0 Å². The molecule has 0 heterocycles. The van der Waals surface area contributed by atoms with Crippen molar-refractivity contribution in [3.05, 3.63) is 77.7 Å². The molecule has 0 amide bonds. The van der Waals surface area contributed by atoms with Gasteiger partial charge in [0, 0.05) is 42.3 Å². The van der Waals surface area contributed by atoms with Crippen LogP contribution in [0.4, 0.5) is 0 Å². The normalized spacial score (nSPS) is 13.2. The standard InChI is InChI=1S/C19H15/c1-13-12-15-7-3-4-8-16(15)18-11-10-14-6-2-5-9-17(14)19(13)18/h2-11H,12H2,1H3/q+1. The second-order valence-corrected chi connectivity index (χ2v) is 5.32. The van der Waals surface area contributed by atoms with E-state index in [2.05, 4.69) is 67.6 Å². The first-order valence-electron chi connectivity index (χ1n) is 6.77. The lowest BCUT2D eigenvalue weighted by Gasteiger charge is -2.19. The van der Waals surface area contributed by atoms with Crippen molar-refractivity contribution in [2.75, 3.05) is 0 Å². The molecule has 0 atom stereocenters. The van der Waals surface area contributed by atoms with E-state index >= 15 is 0 Å². The lowest BCUT2D eigenvalue weighted by atomic mass is 9.77. The van der Waals surface area contributed by atoms with Gasteiger partial charge in [-0.15, -0.1) is 0 Å². The summed E-state index contributed by atoms with van der Waals surface area (Å²) in [5.74, 6) is 1.48. The molecular weight excluding hydrogens is 228 g/mol. The van der Waals surface area contributed by atoms with Crippen LogP contribution in [0.1, 0.15) is 18.1 Å². The van der Waals surface area contributed by atoms with Crippen LogP contribution in [-0.4, -0.2) is 0 Å². The molecule has 1 aliphatic rings. The Hall–Kier alpha value is -2.21. The van der Waals surface area contributed by atoms with Crippen molar-refractivity contribution in [3.8, 4) is 11.1 Å². The van der Waals surface area contributed by atoms with Gasteiger partial charge < -0.3 is 0 Å². The number of benzene rings is 3. The fourth-order valence-electron chi connectivity index (χ4n) is 3.27. The highest BCUT2D eigenvalue weighted by atomic mass is 14.3. The molecule has 0 spiro atoms. The summed E-state index contributed by atoms with van der Waals surface area (Å²) >= 11 is 0. The monoisotopic (exact) mass is 243 g/mol. The molecule has 0 saturated carbocycles. The largest absolute Gasteiger partial charge is 0.148 e. The van der Waals surface area contributed by atoms with Gasteiger partial charge in [0.25, 0.3) is 0 Å². The van der Waals surface area contributed by atoms with Crippen LogP contribution in [-0.2, 0) is 6.42 Å². The van der Waals surface area contributed by atoms with E-state index in [0.29, 0.717) is 0 Å². The van der Waals surface area contributed by atoms with Gasteiger partial charge >= 0.3 is 0 Å². The molecule has 0 saturated heterocycles. The Labute approximate surface area is 113 Å². The maximum absolute atomic E-state index is 2.28. The van der Waals surface area contributed by atoms with E-state index < -0.39 is 0 Å². The predicted octanol–water partition coefficient (Wildman–Crippen LogP) is 5.01. The fraction of sp³-hybridized carbons (Fsp3) is 0.105. The van der Waals surface area contributed by atoms with Gasteiger partial charge in [0.15, 0.2) is 0 Å². The summed E-state index contributed by atoms with van der Waals surface area (Å²) in [6.45, 7) is 2.27. The van der Waals surface area contributed by atoms with Gasteiger partial charge in [-0.1, -0.05) is 24.3 Å². The molecular formula is C19H15+. The topological polar surface area (TPSA) is 0 Å². The zero-order chi connectivity index (χ0) is 12.8. The predicted molar refractivity (Wildman–Crippen MR) is 81.1 cm³/mol. The number of rotatable bonds is 0. The summed E-state index contributed by atoms with van der Waals surface area (Å²) < 4.78 is 0. The Morgan fingerprint density at radius 3 is 2.53 bits per heavy atom. The summed E-state index contributed by atoms with van der Waals surface area (Å²) in [5, 5.41) is 2.71. The van der Waals surface area contributed by atoms with E-state index in [-0.39, 0.29) is 0 Å². The maximum Gasteiger partial charge on any atom is 0.148 e. The molecule has 0 fully saturated rings. The first kappa shape index (κ1) is 10.7. The van der Waals surface area contributed by atoms with Crippen molar-refractivity contribution in [1.29, 1.82) is 0 Å². The average Bonchev–Trinajstić information content (AvgIpc) is 2.46. The molecule has 0 radical (unpaired) electrons. The third-order valence-electron chi connectivity index (χ3n) is 4.12. The van der Waals surface area contributed by atoms with Crippen LogP contribution in [0.25, 0.3) is 21.9 Å². The van der Waals surface area contributed by atoms with Crippen molar-refractivity contribution in [2.24, 2.45) is 0 Å². The summed E-state index contributed by atoms with van der Waals surface area (Å²) in [5.41, 5.74) is 5.67. The van der Waals surface area contributed by atoms with E-state index in [1.54, 1.807) is 0 Å². The third-order valence-corrected chi connectivity index (χ3v) is 4.12. The zero-order valence-electron chi connectivity index (χ0n) is 11.0. The molecule has 0 unspecified atom stereocenters. The van der Waals surface area contributed by atoms with Gasteiger partial charge in [0.2, 0.25) is 0 Å². The van der Waals surface area contributed by atoms with Gasteiger partial charge in [-0.3, -0.25) is 0 Å². The molecule has 4 rings (SSSR count). The third kappa shape index (κ3) is 1.50. The summed E-state index contributed by atoms with van der Waals surface area (Å²) in [6, 6.07) is 22.0. The molecule has 90 valence electrons. The van der Waals surface area contributed by atoms with Crippen LogP contribution in [0.15, 0.2) is 60.7 Å². The Bertz CT molecular complexity index is 768. The molecule has 0 bridgehead atoms. The highest BCUT2D eigenvalue weighted by molar-refractivity contribution is 5.95. The van der Waals surface area contributed by atoms with Crippen LogP contribution in [0.5, 0.6) is 0 Å². The first-order valence-corrected chi connectivity index (χ1v) is 6.77. The van der Waals surface area contributed by atoms with Gasteiger partial charge in [0.1, 0.15) is 5.56 Å². The van der Waals surface area contributed by atoms with Crippen molar-refractivity contribution in [3.63, 3.8) is 0 Å². The van der Waals surface area contributed by atoms with Gasteiger partial charge in [-0.25, -0.2) is 0 Å². The summed E-state index contributed by atoms with van der Waals surface area (Å²) in [6.07, 6.45) is 1.07. The first-order chi connectivity index (χ1) is 9.34. The van der Waals surface area contributed by atoms with Crippen LogP contribution in [0, 0.1) is 5.92 Å². The highest BCUT2D eigenvalue weighted by Crippen LogP contribution is 2.42. The SMILES string of the molecule is C[C+]1Cc2ccccc2-c2ccc3ccccc3c21. The van der Waals surface area contributed by atoms with Crippen LogP contribution in [0.3, 0.4) is 0 Å². The minimum atomic E-state index is 1.07. The van der Waals surface area contributed by atoms with Gasteiger partial charge in [0.05, 0.1) is 10.9 Å². The van der Waals surface area contributed by atoms with E-state index in [4.69, 9.17) is 0 Å². The average molecular weight is 243 g/mol. The fourth-order valence-corrected chi connectivity index (χ4v) is 3.27. The molecule has 0 N–H and O–H groups in total. The second kappa shape index (κ2) is 3.89. The van der Waals surface area contributed by atoms with E-state index in [1.165, 1.54) is 38.9 Å². The quantitative estimate of drug-likeness (QED) is 0.487. The molecule has 19 heavy (non-hydrogen) atoms. The molecule has 0 aliphatic heterocycles. The number of hydrogen-bond acceptors (Lipinski definition) is 0. The molecule has 0 aromatic heterocycles. The van der Waals surface area contributed by atoms with Crippen molar-refractivity contribution in [2.45, 2.75) is 13.3 Å². The van der Waals surface area contributed by atoms with Crippen LogP contribution in [0.2, 0.25) is 0 Å². The smallest absolute Gasteiger partial charge is 0.0618 e. The second-order valence-electron chi connectivity index (χ2n) is 5.32. The zero-order valence-corrected chi connectivity index (χ0v) is 11.0. The van der Waals surface area contributed by atoms with E-state index in [1.807, 2.05) is 0 Å². The van der Waals surface area contributed by atoms with Crippen molar-refractivity contribution in [1.82, 2.24) is 0 Å². The van der Waals surface area contributed by atoms with Crippen LogP contribution >= 0.6 is 0 Å². The lowest BCUT2D eigenvalue weighted by molar-refractivity contribution is 0.984. The minimum absolute atomic E-state index is 1.07. The maximum atomic E-state index is 2.28. The summed E-state index contributed by atoms with van der Waals surface area (Å²) in [7, 11) is 0. The Morgan fingerprint density at radius 1 is 0.789 bits per heavy atom. The Morgan fingerprint density at radius 2 is 1.58 bits per heavy atom. The molecule has 3 aromatic carbocycles. The van der Waals surface area contributed by atoms with E-state index in [9.17, 15) is 0 Å². The molecule has 0 heteroatoms. The van der Waals surface area contributed by atoms with Crippen molar-refractivity contribution >= 4 is 10.8 Å². The molecule has 3 aromatic rings. The number of fused-ring (bicyclic) bond motifs is 5. The van der Waals surface area contributed by atoms with E-state index in [0.717, 1.165) is 6.42 Å². The summed E-state index contributed by atoms with van der Waals surface area (Å²) in [4.78, 5) is 0. The molecule has 0 nitrogen and oxygen atoms in total. The van der Waals surface area contributed by atoms with Crippen LogP contribution < -0.4 is 0 Å². The van der Waals surface area contributed by atoms with Gasteiger partial charge in [-0.05, 0) is 29.8 Å². The Balaban J connectivity index is 2.12. The molecule has 1 aliphatic carbocycles.